The summed E-state index contributed by atoms with van der Waals surface area (Å²) in [5, 5.41) is 44.2. The Balaban J connectivity index is 1.66. The van der Waals surface area contributed by atoms with Crippen molar-refractivity contribution in [1.82, 2.24) is 0 Å². The van der Waals surface area contributed by atoms with E-state index in [9.17, 15) is 20.4 Å². The van der Waals surface area contributed by atoms with Crippen LogP contribution < -0.4 is 0 Å². The molecule has 5 aliphatic carbocycles. The monoisotopic (exact) mass is 472 g/mol. The fourth-order valence-electron chi connectivity index (χ4n) is 10.0. The van der Waals surface area contributed by atoms with Gasteiger partial charge in [0.05, 0.1) is 24.9 Å². The normalized spacial score (nSPS) is 53.4. The van der Waals surface area contributed by atoms with Crippen LogP contribution in [0.5, 0.6) is 0 Å². The lowest BCUT2D eigenvalue weighted by Gasteiger charge is -2.69. The number of fused-ring (bicyclic) bond motifs is 7. The van der Waals surface area contributed by atoms with Gasteiger partial charge in [0.1, 0.15) is 0 Å². The van der Waals surface area contributed by atoms with E-state index in [0.29, 0.717) is 18.8 Å². The lowest BCUT2D eigenvalue weighted by Crippen LogP contribution is -2.65. The smallest absolute Gasteiger partial charge is 0.0633 e. The second-order valence-corrected chi connectivity index (χ2v) is 14.8. The van der Waals surface area contributed by atoms with E-state index in [1.165, 1.54) is 11.1 Å². The van der Waals surface area contributed by atoms with Gasteiger partial charge in [-0.15, -0.1) is 0 Å². The molecule has 4 heteroatoms. The third kappa shape index (κ3) is 2.80. The Kier molecular flexibility index (Phi) is 5.30. The summed E-state index contributed by atoms with van der Waals surface area (Å²) in [7, 11) is 0. The van der Waals surface area contributed by atoms with Gasteiger partial charge >= 0.3 is 0 Å². The Hall–Kier alpha value is -0.680. The summed E-state index contributed by atoms with van der Waals surface area (Å²) in [6.45, 7) is 15.9. The van der Waals surface area contributed by atoms with Crippen molar-refractivity contribution in [2.75, 3.05) is 6.61 Å². The van der Waals surface area contributed by atoms with E-state index < -0.39 is 17.6 Å². The van der Waals surface area contributed by atoms with Crippen LogP contribution in [-0.4, -0.2) is 45.3 Å². The van der Waals surface area contributed by atoms with Gasteiger partial charge in [-0.1, -0.05) is 71.8 Å². The third-order valence-electron chi connectivity index (χ3n) is 12.7. The van der Waals surface area contributed by atoms with Crippen LogP contribution in [0, 0.1) is 44.3 Å². The molecule has 4 saturated carbocycles. The van der Waals surface area contributed by atoms with Crippen LogP contribution in [0.15, 0.2) is 23.3 Å². The van der Waals surface area contributed by atoms with E-state index in [1.807, 2.05) is 0 Å². The number of allylic oxidation sites excluding steroid dienone is 4. The zero-order valence-corrected chi connectivity index (χ0v) is 22.5. The van der Waals surface area contributed by atoms with E-state index in [1.54, 1.807) is 0 Å². The average Bonchev–Trinajstić information content (AvgIpc) is 2.73. The van der Waals surface area contributed by atoms with Crippen molar-refractivity contribution in [3.8, 4) is 0 Å². The first-order valence-electron chi connectivity index (χ1n) is 13.7. The van der Waals surface area contributed by atoms with E-state index in [4.69, 9.17) is 0 Å². The van der Waals surface area contributed by atoms with Gasteiger partial charge < -0.3 is 20.4 Å². The Labute approximate surface area is 206 Å². The molecule has 0 aliphatic heterocycles. The average molecular weight is 473 g/mol. The molecule has 0 saturated heterocycles. The van der Waals surface area contributed by atoms with Crippen molar-refractivity contribution in [2.45, 2.75) is 112 Å². The maximum Gasteiger partial charge on any atom is 0.0633 e. The summed E-state index contributed by atoms with van der Waals surface area (Å²) in [6.07, 6.45) is 9.22. The van der Waals surface area contributed by atoms with Gasteiger partial charge in [-0.3, -0.25) is 0 Å². The molecule has 4 N–H and O–H groups in total. The van der Waals surface area contributed by atoms with Gasteiger partial charge in [0, 0.05) is 10.8 Å². The summed E-state index contributed by atoms with van der Waals surface area (Å²) < 4.78 is 0. The molecule has 0 heterocycles. The highest BCUT2D eigenvalue weighted by atomic mass is 16.3. The highest BCUT2D eigenvalue weighted by Gasteiger charge is 2.68. The van der Waals surface area contributed by atoms with Crippen molar-refractivity contribution in [1.29, 1.82) is 0 Å². The lowest BCUT2D eigenvalue weighted by molar-refractivity contribution is -0.185. The number of aliphatic hydroxyl groups is 4. The summed E-state index contributed by atoms with van der Waals surface area (Å²) >= 11 is 0. The van der Waals surface area contributed by atoms with Crippen molar-refractivity contribution >= 4 is 0 Å². The van der Waals surface area contributed by atoms with Crippen molar-refractivity contribution < 1.29 is 20.4 Å². The van der Waals surface area contributed by atoms with E-state index in [-0.39, 0.29) is 45.7 Å². The second-order valence-electron chi connectivity index (χ2n) is 14.8. The van der Waals surface area contributed by atoms with E-state index >= 15 is 0 Å². The predicted octanol–water partition coefficient (Wildman–Crippen LogP) is 5.00. The van der Waals surface area contributed by atoms with E-state index in [0.717, 1.165) is 32.1 Å². The molecule has 0 radical (unpaired) electrons. The maximum absolute atomic E-state index is 11.7. The fourth-order valence-corrected chi connectivity index (χ4v) is 10.0. The summed E-state index contributed by atoms with van der Waals surface area (Å²) in [5.74, 6) is 0.504. The van der Waals surface area contributed by atoms with Crippen LogP contribution in [0.4, 0.5) is 0 Å². The lowest BCUT2D eigenvalue weighted by atomic mass is 9.35. The van der Waals surface area contributed by atoms with Crippen LogP contribution >= 0.6 is 0 Å². The fraction of sp³-hybridized carbons (Fsp3) is 0.867. The molecular weight excluding hydrogens is 424 g/mol. The third-order valence-corrected chi connectivity index (χ3v) is 12.7. The molecule has 0 amide bonds. The molecule has 0 aromatic rings. The van der Waals surface area contributed by atoms with Crippen LogP contribution in [0.1, 0.15) is 93.4 Å². The van der Waals surface area contributed by atoms with Gasteiger partial charge in [-0.05, 0) is 78.4 Å². The minimum absolute atomic E-state index is 0.0409. The largest absolute Gasteiger partial charge is 0.396 e. The van der Waals surface area contributed by atoms with Crippen molar-refractivity contribution in [3.05, 3.63) is 23.3 Å². The van der Waals surface area contributed by atoms with Gasteiger partial charge in [0.25, 0.3) is 0 Å². The first kappa shape index (κ1) is 25.0. The Morgan fingerprint density at radius 1 is 0.765 bits per heavy atom. The first-order chi connectivity index (χ1) is 15.6. The molecule has 0 aromatic heterocycles. The van der Waals surface area contributed by atoms with Gasteiger partial charge in [-0.25, -0.2) is 0 Å². The van der Waals surface area contributed by atoms with Gasteiger partial charge in [0.2, 0.25) is 0 Å². The molecule has 0 aromatic carbocycles. The number of hydrogen-bond acceptors (Lipinski definition) is 4. The highest BCUT2D eigenvalue weighted by molar-refractivity contribution is 5.46. The Morgan fingerprint density at radius 3 is 2.09 bits per heavy atom. The molecule has 9 atom stereocenters. The zero-order valence-electron chi connectivity index (χ0n) is 22.5. The predicted molar refractivity (Wildman–Crippen MR) is 135 cm³/mol. The van der Waals surface area contributed by atoms with Crippen LogP contribution in [-0.2, 0) is 0 Å². The molecule has 4 nitrogen and oxygen atoms in total. The Morgan fingerprint density at radius 2 is 1.44 bits per heavy atom. The highest BCUT2D eigenvalue weighted by Crippen LogP contribution is 2.74. The number of rotatable bonds is 1. The van der Waals surface area contributed by atoms with Gasteiger partial charge in [-0.2, -0.15) is 0 Å². The van der Waals surface area contributed by atoms with Crippen LogP contribution in [0.3, 0.4) is 0 Å². The van der Waals surface area contributed by atoms with Crippen LogP contribution in [0.2, 0.25) is 0 Å². The van der Waals surface area contributed by atoms with Crippen molar-refractivity contribution in [2.24, 2.45) is 44.3 Å². The second kappa shape index (κ2) is 7.21. The van der Waals surface area contributed by atoms with Crippen molar-refractivity contribution in [3.63, 3.8) is 0 Å². The SMILES string of the molecule is CC1(C)CC2C3=CC=C4C5(C)CCC(O)C(C)(C)C5CCC4(C)C3(C)CC(O)C2(CO)CC1O. The molecule has 34 heavy (non-hydrogen) atoms. The quantitative estimate of drug-likeness (QED) is 0.433. The summed E-state index contributed by atoms with van der Waals surface area (Å²) in [6, 6.07) is 0. The molecular formula is C30H48O4. The molecule has 9 unspecified atom stereocenters. The number of aliphatic hydroxyl groups excluding tert-OH is 4. The van der Waals surface area contributed by atoms with Crippen LogP contribution in [0.25, 0.3) is 0 Å². The standard InChI is InChI=1S/C30H48O4/c1-25(2)14-19-18-8-9-21-27(5)12-11-22(32)26(3,4)20(27)10-13-28(21,6)29(18,7)15-24(34)30(19,17-31)16-23(25)33/h8-9,19-20,22-24,31-34H,10-17H2,1-7H3. The first-order valence-corrected chi connectivity index (χ1v) is 13.7. The summed E-state index contributed by atoms with van der Waals surface area (Å²) in [5.41, 5.74) is 1.66. The summed E-state index contributed by atoms with van der Waals surface area (Å²) in [4.78, 5) is 0. The van der Waals surface area contributed by atoms with Gasteiger partial charge in [0.15, 0.2) is 0 Å². The minimum atomic E-state index is -0.667. The minimum Gasteiger partial charge on any atom is -0.396 e. The molecule has 0 spiro atoms. The Bertz CT molecular complexity index is 932. The molecule has 0 bridgehead atoms. The number of hydrogen-bond donors (Lipinski definition) is 4. The molecule has 5 rings (SSSR count). The molecule has 4 fully saturated rings. The molecule has 5 aliphatic rings. The topological polar surface area (TPSA) is 80.9 Å². The maximum atomic E-state index is 11.7. The molecule has 192 valence electrons. The zero-order chi connectivity index (χ0) is 25.1. The van der Waals surface area contributed by atoms with E-state index in [2.05, 4.69) is 60.6 Å².